The van der Waals surface area contributed by atoms with Gasteiger partial charge in [0.2, 0.25) is 5.91 Å². The van der Waals surface area contributed by atoms with Gasteiger partial charge in [-0.2, -0.15) is 10.1 Å². The summed E-state index contributed by atoms with van der Waals surface area (Å²) >= 11 is 0. The Labute approximate surface area is 197 Å². The van der Waals surface area contributed by atoms with Gasteiger partial charge >= 0.3 is 5.69 Å². The summed E-state index contributed by atoms with van der Waals surface area (Å²) in [5.74, 6) is 1.59. The van der Waals surface area contributed by atoms with Gasteiger partial charge < -0.3 is 19.9 Å². The van der Waals surface area contributed by atoms with Crippen molar-refractivity contribution in [2.24, 2.45) is 5.92 Å². The van der Waals surface area contributed by atoms with Crippen LogP contribution in [0.5, 0.6) is 5.75 Å². The highest BCUT2D eigenvalue weighted by molar-refractivity contribution is 5.94. The van der Waals surface area contributed by atoms with E-state index >= 15 is 0 Å². The molecular formula is C25H28N6O3. The molecule has 3 N–H and O–H groups in total. The third-order valence-corrected chi connectivity index (χ3v) is 5.35. The summed E-state index contributed by atoms with van der Waals surface area (Å²) in [6.07, 6.45) is 0. The minimum Gasteiger partial charge on any atom is -0.493 e. The number of carbonyl (C=O) groups is 1. The van der Waals surface area contributed by atoms with Crippen molar-refractivity contribution in [3.05, 3.63) is 59.0 Å². The van der Waals surface area contributed by atoms with Gasteiger partial charge in [0.25, 0.3) is 0 Å². The van der Waals surface area contributed by atoms with E-state index in [4.69, 9.17) is 4.74 Å². The van der Waals surface area contributed by atoms with E-state index < -0.39 is 5.69 Å². The number of benzene rings is 2. The highest BCUT2D eigenvalue weighted by Crippen LogP contribution is 2.32. The maximum Gasteiger partial charge on any atom is 0.345 e. The molecule has 4 rings (SSSR count). The summed E-state index contributed by atoms with van der Waals surface area (Å²) in [5.41, 5.74) is 3.07. The fourth-order valence-corrected chi connectivity index (χ4v) is 3.64. The van der Waals surface area contributed by atoms with Gasteiger partial charge in [0.15, 0.2) is 5.82 Å². The topological polar surface area (TPSA) is 116 Å². The SMILES string of the molecule is CNC(=O)CN(C)c1n[nH]c2ccc(-c3cc(-c4ccccc4OCC(C)C)[nH]c(=O)n3)cc12. The zero-order valence-corrected chi connectivity index (χ0v) is 19.7. The summed E-state index contributed by atoms with van der Waals surface area (Å²) in [6.45, 7) is 4.91. The molecule has 9 heteroatoms. The average molecular weight is 461 g/mol. The molecule has 9 nitrogen and oxygen atoms in total. The predicted octanol–water partition coefficient (Wildman–Crippen LogP) is 3.20. The predicted molar refractivity (Wildman–Crippen MR) is 133 cm³/mol. The number of hydrogen-bond acceptors (Lipinski definition) is 6. The highest BCUT2D eigenvalue weighted by atomic mass is 16.5. The van der Waals surface area contributed by atoms with Crippen LogP contribution in [0.4, 0.5) is 5.82 Å². The second kappa shape index (κ2) is 9.78. The van der Waals surface area contributed by atoms with Crippen LogP contribution in [0.2, 0.25) is 0 Å². The van der Waals surface area contributed by atoms with Crippen molar-refractivity contribution in [2.45, 2.75) is 13.8 Å². The number of H-pyrrole nitrogens is 2. The van der Waals surface area contributed by atoms with Crippen LogP contribution in [0.25, 0.3) is 33.4 Å². The van der Waals surface area contributed by atoms with E-state index in [1.165, 1.54) is 0 Å². The number of anilines is 1. The number of likely N-dealkylation sites (N-methyl/N-ethyl adjacent to an activating group) is 2. The molecule has 2 aromatic carbocycles. The maximum absolute atomic E-state index is 12.5. The van der Waals surface area contributed by atoms with Crippen molar-refractivity contribution in [1.82, 2.24) is 25.5 Å². The molecule has 0 saturated carbocycles. The summed E-state index contributed by atoms with van der Waals surface area (Å²) < 4.78 is 5.98. The van der Waals surface area contributed by atoms with Crippen LogP contribution < -0.4 is 20.6 Å². The standard InChI is InChI=1S/C25H28N6O3/c1-15(2)14-34-22-8-6-5-7-17(22)21-12-20(27-25(33)28-21)16-9-10-19-18(11-16)24(30-29-19)31(4)13-23(32)26-3/h5-12,15H,13-14H2,1-4H3,(H,26,32)(H,29,30)(H,27,28,33). The number of nitrogens with one attached hydrogen (secondary N) is 3. The minimum absolute atomic E-state index is 0.117. The molecule has 0 aliphatic carbocycles. The van der Waals surface area contributed by atoms with Crippen molar-refractivity contribution in [2.75, 3.05) is 32.1 Å². The smallest absolute Gasteiger partial charge is 0.345 e. The molecule has 2 heterocycles. The fourth-order valence-electron chi connectivity index (χ4n) is 3.64. The van der Waals surface area contributed by atoms with Gasteiger partial charge in [0.1, 0.15) is 5.75 Å². The van der Waals surface area contributed by atoms with E-state index in [2.05, 4.69) is 39.3 Å². The van der Waals surface area contributed by atoms with E-state index in [1.807, 2.05) is 48.5 Å². The van der Waals surface area contributed by atoms with Crippen molar-refractivity contribution in [3.8, 4) is 28.3 Å². The lowest BCUT2D eigenvalue weighted by Crippen LogP contribution is -2.33. The average Bonchev–Trinajstić information content (AvgIpc) is 3.26. The zero-order valence-electron chi connectivity index (χ0n) is 19.7. The summed E-state index contributed by atoms with van der Waals surface area (Å²) in [6, 6.07) is 15.1. The molecule has 1 amide bonds. The van der Waals surface area contributed by atoms with E-state index in [0.717, 1.165) is 22.0 Å². The number of ether oxygens (including phenoxy) is 1. The first kappa shape index (κ1) is 23.0. The maximum atomic E-state index is 12.5. The lowest BCUT2D eigenvalue weighted by Gasteiger charge is -2.15. The van der Waals surface area contributed by atoms with Crippen LogP contribution in [0.15, 0.2) is 53.3 Å². The number of carbonyl (C=O) groups excluding carboxylic acids is 1. The molecule has 0 unspecified atom stereocenters. The lowest BCUT2D eigenvalue weighted by atomic mass is 10.1. The molecule has 0 atom stereocenters. The molecular weight excluding hydrogens is 432 g/mol. The number of para-hydroxylation sites is 1. The van der Waals surface area contributed by atoms with Crippen LogP contribution in [0, 0.1) is 5.92 Å². The second-order valence-corrected chi connectivity index (χ2v) is 8.52. The summed E-state index contributed by atoms with van der Waals surface area (Å²) in [4.78, 5) is 33.1. The monoisotopic (exact) mass is 460 g/mol. The third kappa shape index (κ3) is 4.93. The first-order chi connectivity index (χ1) is 16.4. The summed E-state index contributed by atoms with van der Waals surface area (Å²) in [7, 11) is 3.40. The largest absolute Gasteiger partial charge is 0.493 e. The molecule has 0 saturated heterocycles. The molecule has 0 bridgehead atoms. The molecule has 2 aromatic heterocycles. The fraction of sp³-hybridized carbons (Fsp3) is 0.280. The Morgan fingerprint density at radius 2 is 1.97 bits per heavy atom. The number of rotatable bonds is 8. The Balaban J connectivity index is 1.74. The van der Waals surface area contributed by atoms with E-state index in [-0.39, 0.29) is 12.5 Å². The number of hydrogen-bond donors (Lipinski definition) is 3. The first-order valence-corrected chi connectivity index (χ1v) is 11.1. The van der Waals surface area contributed by atoms with Crippen molar-refractivity contribution < 1.29 is 9.53 Å². The molecule has 0 spiro atoms. The Morgan fingerprint density at radius 3 is 2.74 bits per heavy atom. The van der Waals surface area contributed by atoms with E-state index in [9.17, 15) is 9.59 Å². The van der Waals surface area contributed by atoms with Gasteiger partial charge in [-0.3, -0.25) is 9.89 Å². The lowest BCUT2D eigenvalue weighted by molar-refractivity contribution is -0.119. The minimum atomic E-state index is -0.449. The van der Waals surface area contributed by atoms with Gasteiger partial charge in [0.05, 0.1) is 30.1 Å². The number of fused-ring (bicyclic) bond motifs is 1. The Morgan fingerprint density at radius 1 is 1.18 bits per heavy atom. The van der Waals surface area contributed by atoms with Crippen LogP contribution in [-0.2, 0) is 4.79 Å². The van der Waals surface area contributed by atoms with Crippen LogP contribution in [-0.4, -0.2) is 53.3 Å². The number of nitrogens with zero attached hydrogens (tertiary/aromatic N) is 3. The van der Waals surface area contributed by atoms with Crippen LogP contribution in [0.1, 0.15) is 13.8 Å². The van der Waals surface area contributed by atoms with Gasteiger partial charge in [-0.05, 0) is 36.2 Å². The van der Waals surface area contributed by atoms with Crippen LogP contribution in [0.3, 0.4) is 0 Å². The van der Waals surface area contributed by atoms with Crippen LogP contribution >= 0.6 is 0 Å². The first-order valence-electron chi connectivity index (χ1n) is 11.1. The van der Waals surface area contributed by atoms with Gasteiger partial charge in [-0.1, -0.05) is 32.0 Å². The Bertz CT molecular complexity index is 1370. The molecule has 0 radical (unpaired) electrons. The third-order valence-electron chi connectivity index (χ3n) is 5.35. The molecule has 176 valence electrons. The number of aromatic amines is 2. The molecule has 0 aliphatic heterocycles. The van der Waals surface area contributed by atoms with E-state index in [0.29, 0.717) is 35.5 Å². The Kier molecular flexibility index (Phi) is 6.62. The quantitative estimate of drug-likeness (QED) is 0.372. The van der Waals surface area contributed by atoms with Crippen molar-refractivity contribution in [1.29, 1.82) is 0 Å². The van der Waals surface area contributed by atoms with E-state index in [1.54, 1.807) is 19.0 Å². The molecule has 0 aliphatic rings. The second-order valence-electron chi connectivity index (χ2n) is 8.52. The molecule has 0 fully saturated rings. The van der Waals surface area contributed by atoms with Gasteiger partial charge in [-0.25, -0.2) is 4.79 Å². The molecule has 34 heavy (non-hydrogen) atoms. The number of aromatic nitrogens is 4. The van der Waals surface area contributed by atoms with Gasteiger partial charge in [-0.15, -0.1) is 0 Å². The van der Waals surface area contributed by atoms with Crippen molar-refractivity contribution >= 4 is 22.6 Å². The van der Waals surface area contributed by atoms with Crippen molar-refractivity contribution in [3.63, 3.8) is 0 Å². The normalized spacial score (nSPS) is 11.1. The van der Waals surface area contributed by atoms with Gasteiger partial charge in [0, 0.05) is 30.6 Å². The number of amides is 1. The highest BCUT2D eigenvalue weighted by Gasteiger charge is 2.15. The molecule has 4 aromatic rings. The zero-order chi connectivity index (χ0) is 24.2. The summed E-state index contributed by atoms with van der Waals surface area (Å²) in [5, 5.41) is 10.8. The Hall–Kier alpha value is -4.14.